The Labute approximate surface area is 62.3 Å². The van der Waals surface area contributed by atoms with E-state index in [-0.39, 0.29) is 0 Å². The Morgan fingerprint density at radius 1 is 1.20 bits per heavy atom. The highest BCUT2D eigenvalue weighted by atomic mass is 14.6. The maximum Gasteiger partial charge on any atom is 0.00725 e. The zero-order valence-corrected chi connectivity index (χ0v) is 6.40. The van der Waals surface area contributed by atoms with Gasteiger partial charge in [0.1, 0.15) is 0 Å². The standard InChI is InChI=1S/C9H15N/c10-9-5-4-7-2-1-3-8(9)6-7/h7H,1-6,10H2. The highest BCUT2D eigenvalue weighted by Crippen LogP contribution is 2.37. The van der Waals surface area contributed by atoms with Crippen molar-refractivity contribution in [1.82, 2.24) is 0 Å². The fourth-order valence-electron chi connectivity index (χ4n) is 2.23. The number of hydrogen-bond donors (Lipinski definition) is 1. The highest BCUT2D eigenvalue weighted by Gasteiger charge is 2.22. The fourth-order valence-corrected chi connectivity index (χ4v) is 2.23. The predicted molar refractivity (Wildman–Crippen MR) is 42.4 cm³/mol. The molecule has 0 saturated heterocycles. The number of hydrogen-bond acceptors (Lipinski definition) is 1. The van der Waals surface area contributed by atoms with E-state index in [1.54, 1.807) is 5.57 Å². The summed E-state index contributed by atoms with van der Waals surface area (Å²) in [5.41, 5.74) is 8.67. The minimum Gasteiger partial charge on any atom is -0.402 e. The molecule has 0 aromatic heterocycles. The number of allylic oxidation sites excluding steroid dienone is 2. The van der Waals surface area contributed by atoms with Crippen molar-refractivity contribution in [2.75, 3.05) is 0 Å². The molecule has 0 heterocycles. The molecule has 1 fully saturated rings. The van der Waals surface area contributed by atoms with Crippen LogP contribution in [-0.4, -0.2) is 0 Å². The fraction of sp³-hybridized carbons (Fsp3) is 0.778. The van der Waals surface area contributed by atoms with Gasteiger partial charge in [-0.25, -0.2) is 0 Å². The highest BCUT2D eigenvalue weighted by molar-refractivity contribution is 5.16. The van der Waals surface area contributed by atoms with Gasteiger partial charge in [-0.15, -0.1) is 0 Å². The van der Waals surface area contributed by atoms with Crippen LogP contribution in [0, 0.1) is 5.92 Å². The van der Waals surface area contributed by atoms with Crippen molar-refractivity contribution in [3.8, 4) is 0 Å². The number of rotatable bonds is 0. The second-order valence-electron chi connectivity index (χ2n) is 3.63. The van der Waals surface area contributed by atoms with Crippen LogP contribution in [0.5, 0.6) is 0 Å². The van der Waals surface area contributed by atoms with E-state index in [1.807, 2.05) is 0 Å². The van der Waals surface area contributed by atoms with Crippen LogP contribution in [0.2, 0.25) is 0 Å². The summed E-state index contributed by atoms with van der Waals surface area (Å²) in [6.45, 7) is 0. The molecular weight excluding hydrogens is 122 g/mol. The van der Waals surface area contributed by atoms with Crippen molar-refractivity contribution in [2.24, 2.45) is 11.7 Å². The lowest BCUT2D eigenvalue weighted by molar-refractivity contribution is 0.366. The molecule has 2 bridgehead atoms. The van der Waals surface area contributed by atoms with Crippen LogP contribution in [0.1, 0.15) is 38.5 Å². The lowest BCUT2D eigenvalue weighted by atomic mass is 9.77. The van der Waals surface area contributed by atoms with Gasteiger partial charge in [0.2, 0.25) is 0 Å². The van der Waals surface area contributed by atoms with Crippen LogP contribution in [0.15, 0.2) is 11.3 Å². The van der Waals surface area contributed by atoms with Crippen molar-refractivity contribution in [2.45, 2.75) is 38.5 Å². The molecule has 0 aromatic carbocycles. The third kappa shape index (κ3) is 0.938. The van der Waals surface area contributed by atoms with E-state index in [4.69, 9.17) is 5.73 Å². The summed E-state index contributed by atoms with van der Waals surface area (Å²) in [5.74, 6) is 0.996. The second-order valence-corrected chi connectivity index (χ2v) is 3.63. The molecule has 1 atom stereocenters. The summed E-state index contributed by atoms with van der Waals surface area (Å²) in [4.78, 5) is 0. The third-order valence-corrected chi connectivity index (χ3v) is 2.90. The van der Waals surface area contributed by atoms with E-state index in [0.29, 0.717) is 0 Å². The van der Waals surface area contributed by atoms with Gasteiger partial charge in [0, 0.05) is 5.70 Å². The van der Waals surface area contributed by atoms with Crippen LogP contribution < -0.4 is 5.73 Å². The van der Waals surface area contributed by atoms with Gasteiger partial charge < -0.3 is 5.73 Å². The Hall–Kier alpha value is -0.460. The molecule has 10 heavy (non-hydrogen) atoms. The lowest BCUT2D eigenvalue weighted by Crippen LogP contribution is -2.18. The van der Waals surface area contributed by atoms with Crippen LogP contribution in [-0.2, 0) is 0 Å². The van der Waals surface area contributed by atoms with Gasteiger partial charge in [-0.05, 0) is 44.4 Å². The van der Waals surface area contributed by atoms with Gasteiger partial charge in [0.15, 0.2) is 0 Å². The first kappa shape index (κ1) is 6.26. The molecule has 1 nitrogen and oxygen atoms in total. The van der Waals surface area contributed by atoms with Gasteiger partial charge in [-0.3, -0.25) is 0 Å². The molecule has 1 saturated carbocycles. The molecule has 2 N–H and O–H groups in total. The number of nitrogens with two attached hydrogens (primary N) is 1. The first-order valence-electron chi connectivity index (χ1n) is 4.32. The van der Waals surface area contributed by atoms with E-state index in [9.17, 15) is 0 Å². The maximum absolute atomic E-state index is 5.87. The molecule has 2 aliphatic rings. The number of fused-ring (bicyclic) bond motifs is 2. The molecule has 0 aromatic rings. The maximum atomic E-state index is 5.87. The van der Waals surface area contributed by atoms with Crippen LogP contribution in [0.25, 0.3) is 0 Å². The van der Waals surface area contributed by atoms with Gasteiger partial charge in [-0.1, -0.05) is 5.57 Å². The van der Waals surface area contributed by atoms with Crippen molar-refractivity contribution < 1.29 is 0 Å². The molecule has 0 amide bonds. The van der Waals surface area contributed by atoms with E-state index in [2.05, 4.69) is 0 Å². The van der Waals surface area contributed by atoms with Crippen molar-refractivity contribution in [3.63, 3.8) is 0 Å². The minimum atomic E-state index is 0.996. The average molecular weight is 137 g/mol. The smallest absolute Gasteiger partial charge is 0.00725 e. The summed E-state index contributed by atoms with van der Waals surface area (Å²) < 4.78 is 0. The summed E-state index contributed by atoms with van der Waals surface area (Å²) in [6.07, 6.45) is 8.00. The van der Waals surface area contributed by atoms with Crippen LogP contribution >= 0.6 is 0 Å². The summed E-state index contributed by atoms with van der Waals surface area (Å²) in [6, 6.07) is 0. The average Bonchev–Trinajstić information content (AvgIpc) is 1.99. The van der Waals surface area contributed by atoms with Crippen molar-refractivity contribution >= 4 is 0 Å². The van der Waals surface area contributed by atoms with Gasteiger partial charge in [0.05, 0.1) is 0 Å². The first-order valence-corrected chi connectivity index (χ1v) is 4.32. The van der Waals surface area contributed by atoms with E-state index in [0.717, 1.165) is 5.92 Å². The zero-order chi connectivity index (χ0) is 6.97. The molecule has 1 unspecified atom stereocenters. The molecule has 1 heteroatoms. The lowest BCUT2D eigenvalue weighted by Gasteiger charge is -2.30. The van der Waals surface area contributed by atoms with E-state index in [1.165, 1.54) is 44.2 Å². The Morgan fingerprint density at radius 3 is 2.90 bits per heavy atom. The molecule has 0 spiro atoms. The SMILES string of the molecule is NC1=C2CCCC(CC1)C2. The van der Waals surface area contributed by atoms with Crippen molar-refractivity contribution in [1.29, 1.82) is 0 Å². The van der Waals surface area contributed by atoms with Crippen LogP contribution in [0.4, 0.5) is 0 Å². The third-order valence-electron chi connectivity index (χ3n) is 2.90. The van der Waals surface area contributed by atoms with E-state index < -0.39 is 0 Å². The van der Waals surface area contributed by atoms with Gasteiger partial charge in [0.25, 0.3) is 0 Å². The Balaban J connectivity index is 2.20. The van der Waals surface area contributed by atoms with Crippen LogP contribution in [0.3, 0.4) is 0 Å². The molecule has 2 aliphatic carbocycles. The molecule has 56 valence electrons. The summed E-state index contributed by atoms with van der Waals surface area (Å²) >= 11 is 0. The largest absolute Gasteiger partial charge is 0.402 e. The van der Waals surface area contributed by atoms with Gasteiger partial charge in [-0.2, -0.15) is 0 Å². The Morgan fingerprint density at radius 2 is 2.10 bits per heavy atom. The Kier molecular flexibility index (Phi) is 1.44. The van der Waals surface area contributed by atoms with E-state index >= 15 is 0 Å². The predicted octanol–water partition coefficient (Wildman–Crippen LogP) is 2.18. The minimum absolute atomic E-state index is 0.996. The Bertz CT molecular complexity index is 170. The second kappa shape index (κ2) is 2.30. The monoisotopic (exact) mass is 137 g/mol. The molecule has 2 rings (SSSR count). The van der Waals surface area contributed by atoms with Gasteiger partial charge >= 0.3 is 0 Å². The topological polar surface area (TPSA) is 26.0 Å². The summed E-state index contributed by atoms with van der Waals surface area (Å²) in [7, 11) is 0. The molecule has 0 radical (unpaired) electrons. The molecular formula is C9H15N. The first-order chi connectivity index (χ1) is 4.86. The molecule has 0 aliphatic heterocycles. The van der Waals surface area contributed by atoms with Crippen molar-refractivity contribution in [3.05, 3.63) is 11.3 Å². The zero-order valence-electron chi connectivity index (χ0n) is 6.40. The normalized spacial score (nSPS) is 32.6. The quantitative estimate of drug-likeness (QED) is 0.544. The summed E-state index contributed by atoms with van der Waals surface area (Å²) in [5, 5.41) is 0.